The molecule has 26 heavy (non-hydrogen) atoms. The van der Waals surface area contributed by atoms with Gasteiger partial charge in [0.2, 0.25) is 11.8 Å². The lowest BCUT2D eigenvalue weighted by atomic mass is 10.1. The summed E-state index contributed by atoms with van der Waals surface area (Å²) in [5.41, 5.74) is 2.97. The van der Waals surface area contributed by atoms with E-state index in [1.165, 1.54) is 18.7 Å². The molecule has 0 bridgehead atoms. The van der Waals surface area contributed by atoms with Crippen molar-refractivity contribution < 1.29 is 14.4 Å². The Labute approximate surface area is 157 Å². The molecule has 5 nitrogen and oxygen atoms in total. The van der Waals surface area contributed by atoms with Crippen LogP contribution in [0.5, 0.6) is 0 Å². The first-order chi connectivity index (χ1) is 12.3. The number of carbonyl (C=O) groups excluding carboxylic acids is 3. The lowest BCUT2D eigenvalue weighted by molar-refractivity contribution is -0.115. The monoisotopic (exact) mass is 370 g/mol. The molecule has 0 heterocycles. The first-order valence-electron chi connectivity index (χ1n) is 8.25. The molecule has 2 amide bonds. The van der Waals surface area contributed by atoms with Gasteiger partial charge in [-0.2, -0.15) is 0 Å². The van der Waals surface area contributed by atoms with Gasteiger partial charge < -0.3 is 10.6 Å². The van der Waals surface area contributed by atoms with Gasteiger partial charge in [-0.25, -0.2) is 0 Å². The molecule has 0 aliphatic carbocycles. The van der Waals surface area contributed by atoms with Crippen LogP contribution in [0.4, 0.5) is 11.4 Å². The van der Waals surface area contributed by atoms with Crippen LogP contribution >= 0.6 is 11.8 Å². The van der Waals surface area contributed by atoms with Gasteiger partial charge in [-0.15, -0.1) is 11.8 Å². The number of ketones is 1. The summed E-state index contributed by atoms with van der Waals surface area (Å²) in [6, 6.07) is 14.3. The van der Waals surface area contributed by atoms with Gasteiger partial charge in [-0.3, -0.25) is 14.4 Å². The second-order valence-corrected chi connectivity index (χ2v) is 7.32. The molecular weight excluding hydrogens is 348 g/mol. The van der Waals surface area contributed by atoms with E-state index in [1.54, 1.807) is 31.2 Å². The fourth-order valence-corrected chi connectivity index (χ4v) is 2.85. The van der Waals surface area contributed by atoms with Gasteiger partial charge in [0.25, 0.3) is 0 Å². The molecule has 0 aliphatic rings. The highest BCUT2D eigenvalue weighted by Gasteiger charge is 2.16. The van der Waals surface area contributed by atoms with E-state index in [1.807, 2.05) is 31.2 Å². The standard InChI is InChI=1S/C20H22N2O3S/c1-13-7-9-17(10-8-13)21-19(24)12-26-15(3)20(25)22-18-6-4-5-16(11-18)14(2)23/h4-11,15H,12H2,1-3H3,(H,21,24)(H,22,25). The third-order valence-corrected chi connectivity index (χ3v) is 4.85. The van der Waals surface area contributed by atoms with Crippen LogP contribution < -0.4 is 10.6 Å². The molecule has 6 heteroatoms. The minimum atomic E-state index is -0.403. The normalized spacial score (nSPS) is 11.5. The van der Waals surface area contributed by atoms with E-state index >= 15 is 0 Å². The minimum absolute atomic E-state index is 0.0590. The second-order valence-electron chi connectivity index (χ2n) is 5.99. The van der Waals surface area contributed by atoms with Crippen molar-refractivity contribution in [2.45, 2.75) is 26.0 Å². The minimum Gasteiger partial charge on any atom is -0.325 e. The van der Waals surface area contributed by atoms with Crippen molar-refractivity contribution >= 4 is 40.7 Å². The van der Waals surface area contributed by atoms with E-state index in [9.17, 15) is 14.4 Å². The number of aryl methyl sites for hydroxylation is 1. The first-order valence-corrected chi connectivity index (χ1v) is 9.30. The van der Waals surface area contributed by atoms with Crippen LogP contribution in [0.3, 0.4) is 0 Å². The number of thioether (sulfide) groups is 1. The summed E-state index contributed by atoms with van der Waals surface area (Å²) in [7, 11) is 0. The fraction of sp³-hybridized carbons (Fsp3) is 0.250. The predicted octanol–water partition coefficient (Wildman–Crippen LogP) is 3.90. The Morgan fingerprint density at radius 1 is 1.00 bits per heavy atom. The third kappa shape index (κ3) is 6.04. The molecule has 0 aliphatic heterocycles. The van der Waals surface area contributed by atoms with Gasteiger partial charge >= 0.3 is 0 Å². The van der Waals surface area contributed by atoms with E-state index in [0.717, 1.165) is 11.3 Å². The number of Topliss-reactive ketones (excluding diaryl/α,β-unsaturated/α-hetero) is 1. The van der Waals surface area contributed by atoms with E-state index < -0.39 is 5.25 Å². The van der Waals surface area contributed by atoms with Crippen molar-refractivity contribution in [2.75, 3.05) is 16.4 Å². The molecule has 2 aromatic carbocycles. The lowest BCUT2D eigenvalue weighted by Gasteiger charge is -2.12. The number of carbonyl (C=O) groups is 3. The highest BCUT2D eigenvalue weighted by atomic mass is 32.2. The van der Waals surface area contributed by atoms with Crippen molar-refractivity contribution in [2.24, 2.45) is 0 Å². The number of hydrogen-bond donors (Lipinski definition) is 2. The average Bonchev–Trinajstić information content (AvgIpc) is 2.61. The summed E-state index contributed by atoms with van der Waals surface area (Å²) in [5.74, 6) is -0.247. The topological polar surface area (TPSA) is 75.3 Å². The number of nitrogens with one attached hydrogen (secondary N) is 2. The van der Waals surface area contributed by atoms with Crippen LogP contribution in [-0.2, 0) is 9.59 Å². The summed E-state index contributed by atoms with van der Waals surface area (Å²) in [6.45, 7) is 5.20. The molecule has 0 saturated carbocycles. The zero-order valence-corrected chi connectivity index (χ0v) is 15.9. The molecule has 0 radical (unpaired) electrons. The van der Waals surface area contributed by atoms with Crippen LogP contribution in [0.15, 0.2) is 48.5 Å². The molecule has 2 aromatic rings. The Morgan fingerprint density at radius 3 is 2.35 bits per heavy atom. The SMILES string of the molecule is CC(=O)c1cccc(NC(=O)C(C)SCC(=O)Nc2ccc(C)cc2)c1. The highest BCUT2D eigenvalue weighted by molar-refractivity contribution is 8.01. The maximum atomic E-state index is 12.3. The number of anilines is 2. The smallest absolute Gasteiger partial charge is 0.237 e. The van der Waals surface area contributed by atoms with Crippen molar-refractivity contribution in [3.63, 3.8) is 0 Å². The molecular formula is C20H22N2O3S. The van der Waals surface area contributed by atoms with Crippen LogP contribution in [0, 0.1) is 6.92 Å². The van der Waals surface area contributed by atoms with Crippen LogP contribution in [0.1, 0.15) is 29.8 Å². The van der Waals surface area contributed by atoms with E-state index in [0.29, 0.717) is 11.3 Å². The molecule has 1 unspecified atom stereocenters. The number of amides is 2. The summed E-state index contributed by atoms with van der Waals surface area (Å²) in [4.78, 5) is 35.7. The largest absolute Gasteiger partial charge is 0.325 e. The van der Waals surface area contributed by atoms with Crippen LogP contribution in [0.25, 0.3) is 0 Å². The zero-order valence-electron chi connectivity index (χ0n) is 15.0. The van der Waals surface area contributed by atoms with Crippen molar-refractivity contribution in [1.82, 2.24) is 0 Å². The molecule has 0 aromatic heterocycles. The van der Waals surface area contributed by atoms with Crippen molar-refractivity contribution in [3.8, 4) is 0 Å². The summed E-state index contributed by atoms with van der Waals surface area (Å²) >= 11 is 1.25. The predicted molar refractivity (Wildman–Crippen MR) is 107 cm³/mol. The van der Waals surface area contributed by atoms with Crippen LogP contribution in [0.2, 0.25) is 0 Å². The van der Waals surface area contributed by atoms with Gasteiger partial charge in [0.1, 0.15) is 0 Å². The molecule has 0 spiro atoms. The maximum absolute atomic E-state index is 12.3. The third-order valence-electron chi connectivity index (χ3n) is 3.71. The lowest BCUT2D eigenvalue weighted by Crippen LogP contribution is -2.25. The Morgan fingerprint density at radius 2 is 1.69 bits per heavy atom. The summed E-state index contributed by atoms with van der Waals surface area (Å²) < 4.78 is 0. The molecule has 0 fully saturated rings. The Hall–Kier alpha value is -2.60. The van der Waals surface area contributed by atoms with Crippen molar-refractivity contribution in [3.05, 3.63) is 59.7 Å². The van der Waals surface area contributed by atoms with Crippen LogP contribution in [-0.4, -0.2) is 28.6 Å². The molecule has 2 N–H and O–H groups in total. The Bertz CT molecular complexity index is 803. The van der Waals surface area contributed by atoms with Gasteiger partial charge in [0.05, 0.1) is 11.0 Å². The fourth-order valence-electron chi connectivity index (χ4n) is 2.17. The molecule has 1 atom stereocenters. The van der Waals surface area contributed by atoms with Gasteiger partial charge in [0.15, 0.2) is 5.78 Å². The van der Waals surface area contributed by atoms with Gasteiger partial charge in [-0.05, 0) is 45.0 Å². The quantitative estimate of drug-likeness (QED) is 0.725. The zero-order chi connectivity index (χ0) is 19.1. The van der Waals surface area contributed by atoms with E-state index in [4.69, 9.17) is 0 Å². The Balaban J connectivity index is 1.83. The van der Waals surface area contributed by atoms with E-state index in [-0.39, 0.29) is 23.4 Å². The first kappa shape index (κ1) is 19.7. The number of benzene rings is 2. The maximum Gasteiger partial charge on any atom is 0.237 e. The highest BCUT2D eigenvalue weighted by Crippen LogP contribution is 2.17. The van der Waals surface area contributed by atoms with Crippen molar-refractivity contribution in [1.29, 1.82) is 0 Å². The molecule has 136 valence electrons. The molecule has 2 rings (SSSR count). The molecule has 0 saturated heterocycles. The second kappa shape index (κ2) is 9.20. The van der Waals surface area contributed by atoms with Gasteiger partial charge in [-0.1, -0.05) is 29.8 Å². The number of hydrogen-bond acceptors (Lipinski definition) is 4. The summed E-state index contributed by atoms with van der Waals surface area (Å²) in [5, 5.41) is 5.17. The van der Waals surface area contributed by atoms with E-state index in [2.05, 4.69) is 10.6 Å². The average molecular weight is 370 g/mol. The number of rotatable bonds is 7. The summed E-state index contributed by atoms with van der Waals surface area (Å²) in [6.07, 6.45) is 0. The Kier molecular flexibility index (Phi) is 6.97. The van der Waals surface area contributed by atoms with Gasteiger partial charge in [0, 0.05) is 16.9 Å².